The van der Waals surface area contributed by atoms with E-state index in [-0.39, 0.29) is 30.2 Å². The van der Waals surface area contributed by atoms with E-state index in [0.29, 0.717) is 48.0 Å². The molecule has 3 heterocycles. The number of carbonyl (C=O) groups is 3. The molecule has 3 fully saturated rings. The van der Waals surface area contributed by atoms with E-state index < -0.39 is 33.4 Å². The van der Waals surface area contributed by atoms with E-state index in [4.69, 9.17) is 16.3 Å². The predicted octanol–water partition coefficient (Wildman–Crippen LogP) is 5.51. The summed E-state index contributed by atoms with van der Waals surface area (Å²) < 4.78 is 4.19. The largest absolute Gasteiger partial charge is 0.494 e. The number of carbonyl (C=O) groups excluding carboxylic acids is 3. The molecule has 42 heavy (non-hydrogen) atoms. The number of halogens is 1. The number of amides is 3. The van der Waals surface area contributed by atoms with Crippen molar-refractivity contribution in [2.24, 2.45) is 17.8 Å². The highest BCUT2D eigenvalue weighted by molar-refractivity contribution is 8.02. The fourth-order valence-electron chi connectivity index (χ4n) is 7.28. The van der Waals surface area contributed by atoms with Gasteiger partial charge in [-0.1, -0.05) is 37.6 Å². The Kier molecular flexibility index (Phi) is 8.58. The minimum Gasteiger partial charge on any atom is -0.494 e. The van der Waals surface area contributed by atoms with Gasteiger partial charge in [0.1, 0.15) is 11.8 Å². The number of ether oxygens (including phenoxy) is 1. The average molecular weight is 614 g/mol. The Labute approximate surface area is 256 Å². The molecular weight excluding hydrogens is 574 g/mol. The van der Waals surface area contributed by atoms with Crippen molar-refractivity contribution in [2.75, 3.05) is 23.8 Å². The van der Waals surface area contributed by atoms with Crippen molar-refractivity contribution in [1.82, 2.24) is 4.90 Å². The SMILES string of the molecule is CCOc1ccc(NC(=O)[C@H]2[C@H]3C(=O)N([C@@H](CO)CC(C)C)C(C(=O)Nc4c(C)cccc4Cl)C34CC[C@]2(C)S4)cc1. The number of likely N-dealkylation sites (tertiary alicyclic amines) is 1. The van der Waals surface area contributed by atoms with Crippen LogP contribution in [0.3, 0.4) is 0 Å². The summed E-state index contributed by atoms with van der Waals surface area (Å²) in [4.78, 5) is 44.4. The lowest BCUT2D eigenvalue weighted by atomic mass is 9.66. The van der Waals surface area contributed by atoms with Crippen molar-refractivity contribution in [3.05, 3.63) is 53.1 Å². The molecule has 2 unspecified atom stereocenters. The van der Waals surface area contributed by atoms with Crippen LogP contribution in [0.15, 0.2) is 42.5 Å². The van der Waals surface area contributed by atoms with Gasteiger partial charge in [-0.25, -0.2) is 0 Å². The van der Waals surface area contributed by atoms with Gasteiger partial charge in [0.05, 0.1) is 46.5 Å². The maximum atomic E-state index is 14.5. The van der Waals surface area contributed by atoms with Crippen LogP contribution in [-0.4, -0.2) is 62.5 Å². The second-order valence-electron chi connectivity index (χ2n) is 12.3. The van der Waals surface area contributed by atoms with E-state index in [0.717, 1.165) is 5.56 Å². The van der Waals surface area contributed by atoms with Crippen LogP contribution < -0.4 is 15.4 Å². The third-order valence-electron chi connectivity index (χ3n) is 9.00. The summed E-state index contributed by atoms with van der Waals surface area (Å²) >= 11 is 8.08. The average Bonchev–Trinajstić information content (AvgIpc) is 3.51. The molecule has 8 nitrogen and oxygen atoms in total. The molecular formula is C32H40ClN3O5S. The van der Waals surface area contributed by atoms with Crippen molar-refractivity contribution in [3.8, 4) is 5.75 Å². The molecule has 226 valence electrons. The predicted molar refractivity (Wildman–Crippen MR) is 167 cm³/mol. The maximum absolute atomic E-state index is 14.5. The molecule has 5 rings (SSSR count). The summed E-state index contributed by atoms with van der Waals surface area (Å²) in [6, 6.07) is 11.2. The second kappa shape index (κ2) is 11.7. The minimum absolute atomic E-state index is 0.183. The summed E-state index contributed by atoms with van der Waals surface area (Å²) in [7, 11) is 0. The third-order valence-corrected chi connectivity index (χ3v) is 11.3. The number of nitrogens with zero attached hydrogens (tertiary/aromatic N) is 1. The molecule has 3 N–H and O–H groups in total. The number of anilines is 2. The summed E-state index contributed by atoms with van der Waals surface area (Å²) in [6.07, 6.45) is 1.85. The van der Waals surface area contributed by atoms with Crippen molar-refractivity contribution in [1.29, 1.82) is 0 Å². The van der Waals surface area contributed by atoms with Crippen LogP contribution in [0.25, 0.3) is 0 Å². The quantitative estimate of drug-likeness (QED) is 0.326. The first-order valence-corrected chi connectivity index (χ1v) is 15.9. The van der Waals surface area contributed by atoms with Crippen LogP contribution >= 0.6 is 23.4 Å². The fourth-order valence-corrected chi connectivity index (χ4v) is 9.89. The summed E-state index contributed by atoms with van der Waals surface area (Å²) in [6.45, 7) is 10.1. The highest BCUT2D eigenvalue weighted by Crippen LogP contribution is 2.71. The number of aliphatic hydroxyl groups excluding tert-OH is 1. The van der Waals surface area contributed by atoms with E-state index in [1.54, 1.807) is 47.0 Å². The molecule has 3 amide bonds. The number of benzene rings is 2. The molecule has 3 aliphatic rings. The van der Waals surface area contributed by atoms with Crippen LogP contribution in [-0.2, 0) is 14.4 Å². The second-order valence-corrected chi connectivity index (χ2v) is 14.6. The Morgan fingerprint density at radius 1 is 1.14 bits per heavy atom. The Morgan fingerprint density at radius 3 is 2.48 bits per heavy atom. The molecule has 3 saturated heterocycles. The van der Waals surface area contributed by atoms with Crippen molar-refractivity contribution < 1.29 is 24.2 Å². The number of thioether (sulfide) groups is 1. The molecule has 2 aromatic carbocycles. The lowest BCUT2D eigenvalue weighted by Gasteiger charge is -2.37. The lowest BCUT2D eigenvalue weighted by Crippen LogP contribution is -2.55. The van der Waals surface area contributed by atoms with Crippen LogP contribution in [0.2, 0.25) is 5.02 Å². The van der Waals surface area contributed by atoms with Gasteiger partial charge in [0.25, 0.3) is 0 Å². The number of aryl methyl sites for hydroxylation is 1. The Morgan fingerprint density at radius 2 is 1.86 bits per heavy atom. The highest BCUT2D eigenvalue weighted by Gasteiger charge is 2.77. The van der Waals surface area contributed by atoms with E-state index in [1.165, 1.54) is 0 Å². The number of nitrogens with one attached hydrogen (secondary N) is 2. The molecule has 0 radical (unpaired) electrons. The standard InChI is InChI=1S/C32H40ClN3O5S/c1-6-41-22-12-10-20(11-13-22)34-28(38)24-25-30(40)36(21(17-37)16-18(2)3)27(32(25)15-14-31(24,5)42-32)29(39)35-26-19(4)8-7-9-23(26)33/h7-13,18,21,24-25,27,37H,6,14-17H2,1-5H3,(H,34,38)(H,35,39)/t21-,24-,25+,27?,31+,32?/m1/s1. The van der Waals surface area contributed by atoms with E-state index >= 15 is 0 Å². The number of hydrogen-bond donors (Lipinski definition) is 3. The van der Waals surface area contributed by atoms with Gasteiger partial charge < -0.3 is 25.4 Å². The number of fused-ring (bicyclic) bond motifs is 1. The first-order valence-electron chi connectivity index (χ1n) is 14.7. The summed E-state index contributed by atoms with van der Waals surface area (Å²) in [5, 5.41) is 17.0. The zero-order valence-electron chi connectivity index (χ0n) is 24.8. The van der Waals surface area contributed by atoms with Crippen molar-refractivity contribution in [3.63, 3.8) is 0 Å². The molecule has 3 aliphatic heterocycles. The maximum Gasteiger partial charge on any atom is 0.248 e. The van der Waals surface area contributed by atoms with Crippen LogP contribution in [0.5, 0.6) is 5.75 Å². The zero-order chi connectivity index (χ0) is 30.4. The van der Waals surface area contributed by atoms with Gasteiger partial charge in [-0.3, -0.25) is 14.4 Å². The van der Waals surface area contributed by atoms with E-state index in [1.807, 2.05) is 46.8 Å². The van der Waals surface area contributed by atoms with Gasteiger partial charge in [-0.2, -0.15) is 0 Å². The molecule has 0 saturated carbocycles. The molecule has 1 spiro atoms. The Balaban J connectivity index is 1.52. The van der Waals surface area contributed by atoms with Gasteiger partial charge in [-0.05, 0) is 81.8 Å². The van der Waals surface area contributed by atoms with Crippen LogP contribution in [0, 0.1) is 24.7 Å². The molecule has 0 aromatic heterocycles. The van der Waals surface area contributed by atoms with Crippen molar-refractivity contribution in [2.45, 2.75) is 75.5 Å². The molecule has 10 heteroatoms. The number of para-hydroxylation sites is 1. The van der Waals surface area contributed by atoms with Gasteiger partial charge >= 0.3 is 0 Å². The topological polar surface area (TPSA) is 108 Å². The van der Waals surface area contributed by atoms with E-state index in [2.05, 4.69) is 10.6 Å². The smallest absolute Gasteiger partial charge is 0.248 e. The van der Waals surface area contributed by atoms with Gasteiger partial charge in [0, 0.05) is 10.4 Å². The Bertz CT molecular complexity index is 1350. The highest BCUT2D eigenvalue weighted by atomic mass is 35.5. The van der Waals surface area contributed by atoms with Gasteiger partial charge in [0.2, 0.25) is 17.7 Å². The van der Waals surface area contributed by atoms with Crippen LogP contribution in [0.1, 0.15) is 52.5 Å². The van der Waals surface area contributed by atoms with Crippen molar-refractivity contribution >= 4 is 52.5 Å². The Hall–Kier alpha value is -2.75. The monoisotopic (exact) mass is 613 g/mol. The lowest BCUT2D eigenvalue weighted by molar-refractivity contribution is -0.142. The molecule has 2 bridgehead atoms. The summed E-state index contributed by atoms with van der Waals surface area (Å²) in [5.41, 5.74) is 1.94. The number of rotatable bonds is 10. The van der Waals surface area contributed by atoms with Gasteiger partial charge in [-0.15, -0.1) is 11.8 Å². The van der Waals surface area contributed by atoms with E-state index in [9.17, 15) is 19.5 Å². The molecule has 0 aliphatic carbocycles. The number of hydrogen-bond acceptors (Lipinski definition) is 6. The fraction of sp³-hybridized carbons (Fsp3) is 0.531. The minimum atomic E-state index is -0.864. The molecule has 6 atom stereocenters. The van der Waals surface area contributed by atoms with Crippen LogP contribution in [0.4, 0.5) is 11.4 Å². The summed E-state index contributed by atoms with van der Waals surface area (Å²) in [5.74, 6) is -1.27. The first-order chi connectivity index (χ1) is 20.0. The number of aliphatic hydroxyl groups is 1. The first kappa shape index (κ1) is 30.7. The molecule has 2 aromatic rings. The zero-order valence-corrected chi connectivity index (χ0v) is 26.3. The third kappa shape index (κ3) is 5.18. The normalized spacial score (nSPS) is 28.6. The van der Waals surface area contributed by atoms with Gasteiger partial charge in [0.15, 0.2) is 0 Å².